The molecule has 0 amide bonds. The average Bonchev–Trinajstić information content (AvgIpc) is 2.31. The van der Waals surface area contributed by atoms with Crippen molar-refractivity contribution in [2.45, 2.75) is 64.7 Å². The molecule has 0 aromatic carbocycles. The molecule has 16 heavy (non-hydrogen) atoms. The average molecular weight is 219 g/mol. The molecule has 0 nitrogen and oxygen atoms in total. The largest absolute Gasteiger partial charge is 0.0885 e. The molecule has 0 rings (SSSR count). The summed E-state index contributed by atoms with van der Waals surface area (Å²) < 4.78 is 0. The Morgan fingerprint density at radius 1 is 0.750 bits per heavy atom. The maximum Gasteiger partial charge on any atom is -0.0166 e. The fourth-order valence-electron chi connectivity index (χ4n) is 1.55. The monoisotopic (exact) mass is 219 g/mol. The van der Waals surface area contributed by atoms with E-state index in [1.807, 2.05) is 0 Å². The predicted molar refractivity (Wildman–Crippen MR) is 74.4 cm³/mol. The van der Waals surface area contributed by atoms with Gasteiger partial charge in [-0.2, -0.15) is 0 Å². The highest BCUT2D eigenvalue weighted by molar-refractivity contribution is 4.87. The molecule has 0 fully saturated rings. The molecule has 0 atom stereocenters. The third-order valence-corrected chi connectivity index (χ3v) is 2.57. The number of hydrogen-bond donors (Lipinski definition) is 0. The van der Waals surface area contributed by atoms with Gasteiger partial charge in [0.1, 0.15) is 0 Å². The van der Waals surface area contributed by atoms with Gasteiger partial charge in [0.15, 0.2) is 0 Å². The third-order valence-electron chi connectivity index (χ3n) is 2.57. The highest BCUT2D eigenvalue weighted by Crippen LogP contribution is 2.05. The van der Waals surface area contributed by atoms with Crippen LogP contribution in [0.5, 0.6) is 0 Å². The van der Waals surface area contributed by atoms with E-state index >= 15 is 0 Å². The summed E-state index contributed by atoms with van der Waals surface area (Å²) in [6, 6.07) is 0. The number of rotatable bonds is 11. The summed E-state index contributed by atoms with van der Waals surface area (Å²) in [4.78, 5) is 0. The molecule has 0 unspecified atom stereocenters. The standard InChI is InChI=1S/C16H27/c1-3-5-7-9-11-13-15-16-14-12-10-8-6-4-2/h1,3,7,9-10,12H,4-6,8,11,13-16H2,2H3. The van der Waals surface area contributed by atoms with Crippen LogP contribution in [0.3, 0.4) is 0 Å². The van der Waals surface area contributed by atoms with Gasteiger partial charge >= 0.3 is 0 Å². The molecule has 0 saturated heterocycles. The van der Waals surface area contributed by atoms with Crippen molar-refractivity contribution in [1.29, 1.82) is 0 Å². The zero-order chi connectivity index (χ0) is 11.9. The Morgan fingerprint density at radius 3 is 1.88 bits per heavy atom. The Kier molecular flexibility index (Phi) is 13.5. The molecule has 0 heteroatoms. The summed E-state index contributed by atoms with van der Waals surface area (Å²) in [6.45, 7) is 7.51. The van der Waals surface area contributed by atoms with Crippen molar-refractivity contribution >= 4 is 0 Å². The van der Waals surface area contributed by atoms with E-state index in [4.69, 9.17) is 6.58 Å². The van der Waals surface area contributed by atoms with Gasteiger partial charge in [0.05, 0.1) is 0 Å². The van der Waals surface area contributed by atoms with Crippen LogP contribution in [-0.4, -0.2) is 0 Å². The van der Waals surface area contributed by atoms with Crippen molar-refractivity contribution in [2.75, 3.05) is 0 Å². The van der Waals surface area contributed by atoms with Crippen molar-refractivity contribution in [1.82, 2.24) is 0 Å². The molecule has 0 aliphatic heterocycles. The Hall–Kier alpha value is -0.780. The fourth-order valence-corrected chi connectivity index (χ4v) is 1.55. The molecule has 0 aromatic heterocycles. The van der Waals surface area contributed by atoms with Crippen LogP contribution in [0.4, 0.5) is 0 Å². The van der Waals surface area contributed by atoms with Crippen LogP contribution < -0.4 is 0 Å². The van der Waals surface area contributed by atoms with Crippen LogP contribution in [0.15, 0.2) is 30.4 Å². The molecule has 0 aliphatic rings. The second-order valence-corrected chi connectivity index (χ2v) is 4.19. The van der Waals surface area contributed by atoms with Crippen LogP contribution in [-0.2, 0) is 0 Å². The third kappa shape index (κ3) is 13.2. The molecule has 0 spiro atoms. The van der Waals surface area contributed by atoms with Crippen molar-refractivity contribution in [3.05, 3.63) is 37.0 Å². The second-order valence-electron chi connectivity index (χ2n) is 4.19. The summed E-state index contributed by atoms with van der Waals surface area (Å²) in [5, 5.41) is 0. The van der Waals surface area contributed by atoms with E-state index in [1.165, 1.54) is 51.4 Å². The molecular formula is C16H27. The lowest BCUT2D eigenvalue weighted by atomic mass is 10.1. The molecule has 0 N–H and O–H groups in total. The van der Waals surface area contributed by atoms with Gasteiger partial charge in [-0.1, -0.05) is 63.1 Å². The van der Waals surface area contributed by atoms with Gasteiger partial charge in [0.25, 0.3) is 0 Å². The molecule has 0 aliphatic carbocycles. The van der Waals surface area contributed by atoms with Crippen LogP contribution in [0.2, 0.25) is 0 Å². The summed E-state index contributed by atoms with van der Waals surface area (Å²) in [6.07, 6.45) is 22.0. The van der Waals surface area contributed by atoms with Gasteiger partial charge in [0, 0.05) is 0 Å². The normalized spacial score (nSPS) is 11.6. The smallest absolute Gasteiger partial charge is 0.0166 e. The Labute approximate surface area is 102 Å². The molecule has 0 aromatic rings. The van der Waals surface area contributed by atoms with Gasteiger partial charge in [0.2, 0.25) is 0 Å². The lowest BCUT2D eigenvalue weighted by Gasteiger charge is -1.95. The zero-order valence-electron chi connectivity index (χ0n) is 10.8. The van der Waals surface area contributed by atoms with Gasteiger partial charge in [-0.25, -0.2) is 0 Å². The van der Waals surface area contributed by atoms with Gasteiger partial charge in [-0.05, 0) is 38.5 Å². The van der Waals surface area contributed by atoms with Gasteiger partial charge in [-0.3, -0.25) is 0 Å². The van der Waals surface area contributed by atoms with Gasteiger partial charge < -0.3 is 0 Å². The maximum absolute atomic E-state index is 5.28. The van der Waals surface area contributed by atoms with Crippen molar-refractivity contribution in [3.8, 4) is 0 Å². The van der Waals surface area contributed by atoms with Gasteiger partial charge in [-0.15, -0.1) is 0 Å². The first-order valence-electron chi connectivity index (χ1n) is 6.75. The number of allylic oxidation sites excluding steroid dienone is 5. The van der Waals surface area contributed by atoms with E-state index in [-0.39, 0.29) is 0 Å². The zero-order valence-corrected chi connectivity index (χ0v) is 10.8. The maximum atomic E-state index is 5.28. The SMILES string of the molecule is [CH]=CCC=CCCCCCC=CCCCC. The summed E-state index contributed by atoms with van der Waals surface area (Å²) in [5.41, 5.74) is 0. The van der Waals surface area contributed by atoms with Crippen LogP contribution in [0.1, 0.15) is 64.7 Å². The molecule has 1 radical (unpaired) electrons. The Morgan fingerprint density at radius 2 is 1.31 bits per heavy atom. The quantitative estimate of drug-likeness (QED) is 0.312. The van der Waals surface area contributed by atoms with E-state index in [9.17, 15) is 0 Å². The molecule has 0 saturated carbocycles. The van der Waals surface area contributed by atoms with E-state index in [1.54, 1.807) is 6.08 Å². The molecule has 91 valence electrons. The van der Waals surface area contributed by atoms with E-state index in [2.05, 4.69) is 31.2 Å². The second kappa shape index (κ2) is 14.2. The summed E-state index contributed by atoms with van der Waals surface area (Å²) >= 11 is 0. The predicted octanol–water partition coefficient (Wildman–Crippen LogP) is 5.62. The lowest BCUT2D eigenvalue weighted by Crippen LogP contribution is -1.75. The summed E-state index contributed by atoms with van der Waals surface area (Å²) in [5.74, 6) is 0. The topological polar surface area (TPSA) is 0 Å². The molecular weight excluding hydrogens is 192 g/mol. The highest BCUT2D eigenvalue weighted by Gasteiger charge is 1.85. The van der Waals surface area contributed by atoms with E-state index in [0.717, 1.165) is 6.42 Å². The first-order chi connectivity index (χ1) is 7.91. The van der Waals surface area contributed by atoms with Crippen LogP contribution >= 0.6 is 0 Å². The first kappa shape index (κ1) is 15.2. The Balaban J connectivity index is 3.09. The Bertz CT molecular complexity index is 186. The van der Waals surface area contributed by atoms with Crippen molar-refractivity contribution in [3.63, 3.8) is 0 Å². The summed E-state index contributed by atoms with van der Waals surface area (Å²) in [7, 11) is 0. The molecule has 0 bridgehead atoms. The van der Waals surface area contributed by atoms with E-state index < -0.39 is 0 Å². The minimum absolute atomic E-state index is 0.903. The van der Waals surface area contributed by atoms with Crippen molar-refractivity contribution in [2.24, 2.45) is 0 Å². The minimum Gasteiger partial charge on any atom is -0.0885 e. The lowest BCUT2D eigenvalue weighted by molar-refractivity contribution is 0.694. The highest BCUT2D eigenvalue weighted by atomic mass is 13.9. The van der Waals surface area contributed by atoms with Crippen molar-refractivity contribution < 1.29 is 0 Å². The van der Waals surface area contributed by atoms with E-state index in [0.29, 0.717) is 0 Å². The van der Waals surface area contributed by atoms with Crippen LogP contribution in [0, 0.1) is 6.58 Å². The minimum atomic E-state index is 0.903. The fraction of sp³-hybridized carbons (Fsp3) is 0.625. The van der Waals surface area contributed by atoms with Crippen LogP contribution in [0.25, 0.3) is 0 Å². The number of unbranched alkanes of at least 4 members (excludes halogenated alkanes) is 6. The number of hydrogen-bond acceptors (Lipinski definition) is 0. The molecule has 0 heterocycles. The first-order valence-corrected chi connectivity index (χ1v) is 6.75.